The fourth-order valence-electron chi connectivity index (χ4n) is 4.83. The Labute approximate surface area is 224 Å². The van der Waals surface area contributed by atoms with Crippen LogP contribution in [0.4, 0.5) is 19.1 Å². The Kier molecular flexibility index (Phi) is 5.72. The van der Waals surface area contributed by atoms with Crippen molar-refractivity contribution >= 4 is 23.4 Å². The summed E-state index contributed by atoms with van der Waals surface area (Å²) in [6, 6.07) is 15.4. The topological polar surface area (TPSA) is 109 Å². The van der Waals surface area contributed by atoms with Crippen LogP contribution in [0.1, 0.15) is 29.5 Å². The number of nitriles is 1. The van der Waals surface area contributed by atoms with Crippen molar-refractivity contribution in [2.24, 2.45) is 0 Å². The number of hydrogen-bond acceptors (Lipinski definition) is 6. The van der Waals surface area contributed by atoms with Crippen LogP contribution in [0.2, 0.25) is 0 Å². The molecule has 3 aromatic heterocycles. The van der Waals surface area contributed by atoms with E-state index >= 15 is 0 Å². The van der Waals surface area contributed by atoms with Crippen LogP contribution in [0.25, 0.3) is 33.7 Å². The first kappa shape index (κ1) is 25.0. The van der Waals surface area contributed by atoms with Crippen molar-refractivity contribution in [1.82, 2.24) is 24.4 Å². The Morgan fingerprint density at radius 3 is 2.40 bits per heavy atom. The van der Waals surface area contributed by atoms with Crippen molar-refractivity contribution in [3.63, 3.8) is 0 Å². The van der Waals surface area contributed by atoms with Gasteiger partial charge in [-0.05, 0) is 60.5 Å². The summed E-state index contributed by atoms with van der Waals surface area (Å²) in [5.74, 6) is -1.03. The number of aromatic nitrogens is 5. The Balaban J connectivity index is 1.61. The van der Waals surface area contributed by atoms with Crippen LogP contribution in [0.3, 0.4) is 0 Å². The van der Waals surface area contributed by atoms with Crippen molar-refractivity contribution in [3.05, 3.63) is 83.7 Å². The third-order valence-electron chi connectivity index (χ3n) is 6.76. The van der Waals surface area contributed by atoms with Crippen molar-refractivity contribution in [2.75, 3.05) is 4.90 Å². The predicted molar refractivity (Wildman–Crippen MR) is 137 cm³/mol. The first-order valence-electron chi connectivity index (χ1n) is 12.1. The van der Waals surface area contributed by atoms with Crippen LogP contribution in [0, 0.1) is 18.3 Å². The summed E-state index contributed by atoms with van der Waals surface area (Å²) in [5.41, 5.74) is 2.85. The SMILES string of the molecule is Cc1c(-c2ccnn2-c2ccc(C#N)cc2)cn2nc(N3C(=O)CCC3=O)nc2c1-c1cccc(C(F)(F)F)c1. The number of hydrogen-bond donors (Lipinski definition) is 0. The highest BCUT2D eigenvalue weighted by Gasteiger charge is 2.34. The molecule has 6 rings (SSSR count). The molecule has 4 heterocycles. The number of benzene rings is 2. The van der Waals surface area contributed by atoms with Gasteiger partial charge in [-0.3, -0.25) is 9.59 Å². The molecule has 0 N–H and O–H groups in total. The number of fused-ring (bicyclic) bond motifs is 1. The van der Waals surface area contributed by atoms with Gasteiger partial charge in [0.2, 0.25) is 11.8 Å². The van der Waals surface area contributed by atoms with Crippen LogP contribution in [0.5, 0.6) is 0 Å². The van der Waals surface area contributed by atoms with Crippen LogP contribution >= 0.6 is 0 Å². The van der Waals surface area contributed by atoms with E-state index in [1.165, 1.54) is 10.6 Å². The number of rotatable bonds is 4. The van der Waals surface area contributed by atoms with Gasteiger partial charge in [-0.1, -0.05) is 12.1 Å². The summed E-state index contributed by atoms with van der Waals surface area (Å²) in [5, 5.41) is 18.0. The van der Waals surface area contributed by atoms with E-state index in [-0.39, 0.29) is 30.0 Å². The van der Waals surface area contributed by atoms with E-state index in [1.807, 2.05) is 0 Å². The highest BCUT2D eigenvalue weighted by Crippen LogP contribution is 2.38. The molecule has 0 unspecified atom stereocenters. The molecule has 0 aliphatic carbocycles. The molecule has 5 aromatic rings. The molecular formula is C28H18F3N7O2. The van der Waals surface area contributed by atoms with E-state index in [2.05, 4.69) is 21.3 Å². The van der Waals surface area contributed by atoms with Crippen LogP contribution in [0.15, 0.2) is 67.0 Å². The molecule has 1 aliphatic heterocycles. The zero-order valence-corrected chi connectivity index (χ0v) is 20.8. The summed E-state index contributed by atoms with van der Waals surface area (Å²) in [6.07, 6.45) is -1.29. The molecule has 40 heavy (non-hydrogen) atoms. The molecule has 9 nitrogen and oxygen atoms in total. The van der Waals surface area contributed by atoms with E-state index in [0.29, 0.717) is 33.6 Å². The lowest BCUT2D eigenvalue weighted by Gasteiger charge is -2.16. The molecular weight excluding hydrogens is 523 g/mol. The van der Waals surface area contributed by atoms with Gasteiger partial charge in [0.05, 0.1) is 34.8 Å². The maximum atomic E-state index is 13.6. The minimum Gasteiger partial charge on any atom is -0.274 e. The zero-order chi connectivity index (χ0) is 28.2. The molecule has 0 atom stereocenters. The molecule has 0 saturated carbocycles. The highest BCUT2D eigenvalue weighted by molar-refractivity contribution is 6.18. The minimum atomic E-state index is -4.57. The summed E-state index contributed by atoms with van der Waals surface area (Å²) < 4.78 is 43.9. The fourth-order valence-corrected chi connectivity index (χ4v) is 4.83. The second-order valence-electron chi connectivity index (χ2n) is 9.21. The molecule has 1 aliphatic rings. The van der Waals surface area contributed by atoms with Gasteiger partial charge in [-0.25, -0.2) is 14.1 Å². The molecule has 1 fully saturated rings. The fraction of sp³-hybridized carbons (Fsp3) is 0.143. The molecule has 2 aromatic carbocycles. The maximum absolute atomic E-state index is 13.6. The van der Waals surface area contributed by atoms with E-state index in [0.717, 1.165) is 17.0 Å². The quantitative estimate of drug-likeness (QED) is 0.293. The van der Waals surface area contributed by atoms with Crippen molar-refractivity contribution in [2.45, 2.75) is 25.9 Å². The van der Waals surface area contributed by atoms with Gasteiger partial charge in [0, 0.05) is 30.2 Å². The molecule has 1 saturated heterocycles. The number of alkyl halides is 3. The second kappa shape index (κ2) is 9.16. The Hall–Kier alpha value is -5.31. The standard InChI is InChI=1S/C28H18F3N7O2/c1-16-21(22-11-12-33-38(22)20-7-5-17(14-32)6-8-20)15-36-26(34-27(35-36)37-23(39)9-10-24(37)40)25(16)18-3-2-4-19(13-18)28(29,30)31/h2-8,11-13,15H,9-10H2,1H3. The molecule has 0 radical (unpaired) electrons. The highest BCUT2D eigenvalue weighted by atomic mass is 19.4. The van der Waals surface area contributed by atoms with Gasteiger partial charge >= 0.3 is 6.18 Å². The first-order valence-corrected chi connectivity index (χ1v) is 12.1. The number of pyridine rings is 1. The first-order chi connectivity index (χ1) is 19.2. The maximum Gasteiger partial charge on any atom is 0.416 e. The summed E-state index contributed by atoms with van der Waals surface area (Å²) in [6.45, 7) is 1.75. The Morgan fingerprint density at radius 1 is 1.00 bits per heavy atom. The van der Waals surface area contributed by atoms with Gasteiger partial charge in [0.15, 0.2) is 5.65 Å². The van der Waals surface area contributed by atoms with Gasteiger partial charge in [0.25, 0.3) is 5.95 Å². The Morgan fingerprint density at radius 2 is 1.73 bits per heavy atom. The largest absolute Gasteiger partial charge is 0.416 e. The van der Waals surface area contributed by atoms with E-state index in [4.69, 9.17) is 5.26 Å². The van der Waals surface area contributed by atoms with Crippen molar-refractivity contribution in [3.8, 4) is 34.1 Å². The third kappa shape index (κ3) is 4.08. The van der Waals surface area contributed by atoms with Crippen molar-refractivity contribution in [1.29, 1.82) is 5.26 Å². The second-order valence-corrected chi connectivity index (χ2v) is 9.21. The minimum absolute atomic E-state index is 0.0307. The smallest absolute Gasteiger partial charge is 0.274 e. The number of amides is 2. The predicted octanol–water partition coefficient (Wildman–Crippen LogP) is 5.10. The lowest BCUT2D eigenvalue weighted by molar-refractivity contribution is -0.137. The number of nitrogens with zero attached hydrogens (tertiary/aromatic N) is 7. The van der Waals surface area contributed by atoms with Crippen LogP contribution in [-0.4, -0.2) is 36.2 Å². The molecule has 198 valence electrons. The molecule has 2 amide bonds. The van der Waals surface area contributed by atoms with E-state index in [9.17, 15) is 22.8 Å². The number of imide groups is 1. The summed E-state index contributed by atoms with van der Waals surface area (Å²) in [7, 11) is 0. The molecule has 0 spiro atoms. The van der Waals surface area contributed by atoms with Crippen LogP contribution in [-0.2, 0) is 15.8 Å². The monoisotopic (exact) mass is 541 g/mol. The summed E-state index contributed by atoms with van der Waals surface area (Å²) >= 11 is 0. The Bertz CT molecular complexity index is 1850. The normalized spacial score (nSPS) is 13.8. The lowest BCUT2D eigenvalue weighted by atomic mass is 9.95. The average molecular weight is 541 g/mol. The van der Waals surface area contributed by atoms with Gasteiger partial charge in [-0.2, -0.15) is 28.5 Å². The summed E-state index contributed by atoms with van der Waals surface area (Å²) in [4.78, 5) is 30.1. The van der Waals surface area contributed by atoms with Crippen molar-refractivity contribution < 1.29 is 22.8 Å². The van der Waals surface area contributed by atoms with Gasteiger partial charge in [-0.15, -0.1) is 5.10 Å². The van der Waals surface area contributed by atoms with Crippen LogP contribution < -0.4 is 4.90 Å². The van der Waals surface area contributed by atoms with E-state index in [1.54, 1.807) is 60.4 Å². The zero-order valence-electron chi connectivity index (χ0n) is 20.8. The number of halogens is 3. The van der Waals surface area contributed by atoms with E-state index < -0.39 is 23.6 Å². The molecule has 0 bridgehead atoms. The van der Waals surface area contributed by atoms with Gasteiger partial charge in [0.1, 0.15) is 0 Å². The number of carbonyl (C=O) groups excluding carboxylic acids is 2. The lowest BCUT2D eigenvalue weighted by Crippen LogP contribution is -2.29. The third-order valence-corrected chi connectivity index (χ3v) is 6.76. The average Bonchev–Trinajstić information content (AvgIpc) is 3.66. The molecule has 12 heteroatoms. The van der Waals surface area contributed by atoms with Gasteiger partial charge < -0.3 is 0 Å². The number of anilines is 1. The number of carbonyl (C=O) groups is 2.